The Kier molecular flexibility index (Phi) is 6.03. The summed E-state index contributed by atoms with van der Waals surface area (Å²) in [5, 5.41) is 14.0. The number of nitrogens with zero attached hydrogens (tertiary/aromatic N) is 2. The summed E-state index contributed by atoms with van der Waals surface area (Å²) < 4.78 is 5.52. The first-order valence-electron chi connectivity index (χ1n) is 8.98. The average molecular weight is 369 g/mol. The molecule has 0 unspecified atom stereocenters. The number of carbonyl (C=O) groups excluding carboxylic acids is 1. The van der Waals surface area contributed by atoms with Gasteiger partial charge in [-0.15, -0.1) is 0 Å². The SMILES string of the molecule is CN(Cc1ccccc1)c1ccc([N+](=O)[O-])cc1C(=O)NC[C@H]1CCCO1. The largest absolute Gasteiger partial charge is 0.376 e. The van der Waals surface area contributed by atoms with Crippen LogP contribution in [-0.2, 0) is 11.3 Å². The van der Waals surface area contributed by atoms with Crippen molar-refractivity contribution in [1.29, 1.82) is 0 Å². The van der Waals surface area contributed by atoms with Gasteiger partial charge in [0.05, 0.1) is 22.3 Å². The molecule has 1 atom stereocenters. The van der Waals surface area contributed by atoms with Gasteiger partial charge in [-0.05, 0) is 24.5 Å². The van der Waals surface area contributed by atoms with Crippen molar-refractivity contribution in [2.75, 3.05) is 25.1 Å². The maximum Gasteiger partial charge on any atom is 0.270 e. The smallest absolute Gasteiger partial charge is 0.270 e. The van der Waals surface area contributed by atoms with Crippen LogP contribution in [0.4, 0.5) is 11.4 Å². The first kappa shape index (κ1) is 18.8. The van der Waals surface area contributed by atoms with Gasteiger partial charge in [-0.1, -0.05) is 30.3 Å². The number of nitrogens with one attached hydrogen (secondary N) is 1. The molecule has 0 radical (unpaired) electrons. The third-order valence-corrected chi connectivity index (χ3v) is 4.62. The van der Waals surface area contributed by atoms with Crippen LogP contribution in [0.15, 0.2) is 48.5 Å². The van der Waals surface area contributed by atoms with Crippen LogP contribution in [0.1, 0.15) is 28.8 Å². The van der Waals surface area contributed by atoms with Crippen LogP contribution in [-0.4, -0.2) is 37.1 Å². The molecule has 0 aromatic heterocycles. The Labute approximate surface area is 158 Å². The van der Waals surface area contributed by atoms with Crippen LogP contribution in [0.5, 0.6) is 0 Å². The standard InChI is InChI=1S/C20H23N3O4/c1-22(14-15-6-3-2-4-7-15)19-10-9-16(23(25)26)12-18(19)20(24)21-13-17-8-5-11-27-17/h2-4,6-7,9-10,12,17H,5,8,11,13-14H2,1H3,(H,21,24)/t17-/m1/s1. The van der Waals surface area contributed by atoms with Crippen LogP contribution < -0.4 is 10.2 Å². The van der Waals surface area contributed by atoms with Crippen LogP contribution in [0.25, 0.3) is 0 Å². The number of amides is 1. The molecular formula is C20H23N3O4. The van der Waals surface area contributed by atoms with E-state index in [0.717, 1.165) is 18.4 Å². The lowest BCUT2D eigenvalue weighted by Crippen LogP contribution is -2.33. The minimum Gasteiger partial charge on any atom is -0.376 e. The molecule has 0 saturated carbocycles. The Morgan fingerprint density at radius 1 is 1.30 bits per heavy atom. The van der Waals surface area contributed by atoms with Gasteiger partial charge in [0.25, 0.3) is 11.6 Å². The highest BCUT2D eigenvalue weighted by molar-refractivity contribution is 6.00. The van der Waals surface area contributed by atoms with E-state index in [1.54, 1.807) is 6.07 Å². The number of benzene rings is 2. The predicted molar refractivity (Wildman–Crippen MR) is 103 cm³/mol. The van der Waals surface area contributed by atoms with Gasteiger partial charge < -0.3 is 15.0 Å². The molecule has 27 heavy (non-hydrogen) atoms. The van der Waals surface area contributed by atoms with Gasteiger partial charge in [-0.3, -0.25) is 14.9 Å². The van der Waals surface area contributed by atoms with E-state index in [0.29, 0.717) is 30.9 Å². The fourth-order valence-electron chi connectivity index (χ4n) is 3.20. The van der Waals surface area contributed by atoms with E-state index in [4.69, 9.17) is 4.74 Å². The summed E-state index contributed by atoms with van der Waals surface area (Å²) in [7, 11) is 1.87. The fraction of sp³-hybridized carbons (Fsp3) is 0.350. The normalized spacial score (nSPS) is 16.1. The highest BCUT2D eigenvalue weighted by atomic mass is 16.6. The van der Waals surface area contributed by atoms with E-state index in [1.807, 2.05) is 42.3 Å². The van der Waals surface area contributed by atoms with Gasteiger partial charge in [0.2, 0.25) is 0 Å². The number of nitro benzene ring substituents is 1. The predicted octanol–water partition coefficient (Wildman–Crippen LogP) is 3.14. The minimum atomic E-state index is -0.488. The maximum absolute atomic E-state index is 12.7. The van der Waals surface area contributed by atoms with Gasteiger partial charge in [0.1, 0.15) is 0 Å². The van der Waals surface area contributed by atoms with Crippen molar-refractivity contribution < 1.29 is 14.5 Å². The molecule has 7 nitrogen and oxygen atoms in total. The van der Waals surface area contributed by atoms with Gasteiger partial charge in [-0.25, -0.2) is 0 Å². The van der Waals surface area contributed by atoms with Gasteiger partial charge in [0, 0.05) is 38.9 Å². The number of carbonyl (C=O) groups is 1. The summed E-state index contributed by atoms with van der Waals surface area (Å²) in [6, 6.07) is 14.2. The minimum absolute atomic E-state index is 0.0122. The van der Waals surface area contributed by atoms with Crippen LogP contribution in [0, 0.1) is 10.1 Å². The van der Waals surface area contributed by atoms with Crippen LogP contribution in [0.2, 0.25) is 0 Å². The van der Waals surface area contributed by atoms with E-state index in [9.17, 15) is 14.9 Å². The zero-order valence-corrected chi connectivity index (χ0v) is 15.3. The highest BCUT2D eigenvalue weighted by Crippen LogP contribution is 2.26. The summed E-state index contributed by atoms with van der Waals surface area (Å²) in [5.74, 6) is -0.330. The molecule has 0 bridgehead atoms. The number of hydrogen-bond acceptors (Lipinski definition) is 5. The Hall–Kier alpha value is -2.93. The first-order valence-corrected chi connectivity index (χ1v) is 8.98. The molecular weight excluding hydrogens is 346 g/mol. The molecule has 0 aliphatic carbocycles. The molecule has 3 rings (SSSR count). The van der Waals surface area contributed by atoms with E-state index in [-0.39, 0.29) is 17.7 Å². The van der Waals surface area contributed by atoms with Crippen molar-refractivity contribution in [3.8, 4) is 0 Å². The van der Waals surface area contributed by atoms with E-state index in [2.05, 4.69) is 5.32 Å². The van der Waals surface area contributed by atoms with Gasteiger partial charge in [-0.2, -0.15) is 0 Å². The van der Waals surface area contributed by atoms with Gasteiger partial charge >= 0.3 is 0 Å². The lowest BCUT2D eigenvalue weighted by atomic mass is 10.1. The molecule has 0 spiro atoms. The molecule has 1 heterocycles. The number of hydrogen-bond donors (Lipinski definition) is 1. The Bertz CT molecular complexity index is 804. The molecule has 2 aromatic rings. The molecule has 1 N–H and O–H groups in total. The van der Waals surface area contributed by atoms with Crippen LogP contribution in [0.3, 0.4) is 0 Å². The molecule has 2 aromatic carbocycles. The number of nitro groups is 1. The van der Waals surface area contributed by atoms with Crippen LogP contribution >= 0.6 is 0 Å². The van der Waals surface area contributed by atoms with Crippen molar-refractivity contribution in [3.63, 3.8) is 0 Å². The number of ether oxygens (including phenoxy) is 1. The number of rotatable bonds is 7. The zero-order valence-electron chi connectivity index (χ0n) is 15.3. The summed E-state index contributed by atoms with van der Waals surface area (Å²) >= 11 is 0. The Morgan fingerprint density at radius 3 is 2.74 bits per heavy atom. The van der Waals surface area contributed by atoms with Crippen molar-refractivity contribution in [3.05, 3.63) is 69.8 Å². The van der Waals surface area contributed by atoms with E-state index >= 15 is 0 Å². The van der Waals surface area contributed by atoms with Crippen molar-refractivity contribution in [2.45, 2.75) is 25.5 Å². The summed E-state index contributed by atoms with van der Waals surface area (Å²) in [6.45, 7) is 1.70. The second-order valence-corrected chi connectivity index (χ2v) is 6.65. The lowest BCUT2D eigenvalue weighted by Gasteiger charge is -2.22. The molecule has 1 saturated heterocycles. The summed E-state index contributed by atoms with van der Waals surface area (Å²) in [6.07, 6.45) is 1.91. The van der Waals surface area contributed by atoms with Gasteiger partial charge in [0.15, 0.2) is 0 Å². The molecule has 1 aliphatic heterocycles. The van der Waals surface area contributed by atoms with E-state index < -0.39 is 4.92 Å². The molecule has 1 fully saturated rings. The zero-order chi connectivity index (χ0) is 19.2. The summed E-state index contributed by atoms with van der Waals surface area (Å²) in [5.41, 5.74) is 1.92. The van der Waals surface area contributed by atoms with E-state index in [1.165, 1.54) is 12.1 Å². The monoisotopic (exact) mass is 369 g/mol. The molecule has 142 valence electrons. The average Bonchev–Trinajstić information content (AvgIpc) is 3.20. The first-order chi connectivity index (χ1) is 13.0. The Morgan fingerprint density at radius 2 is 2.07 bits per heavy atom. The highest BCUT2D eigenvalue weighted by Gasteiger charge is 2.21. The third-order valence-electron chi connectivity index (χ3n) is 4.62. The van der Waals surface area contributed by atoms with Crippen molar-refractivity contribution >= 4 is 17.3 Å². The molecule has 1 amide bonds. The number of anilines is 1. The molecule has 7 heteroatoms. The van der Waals surface area contributed by atoms with Crippen molar-refractivity contribution in [2.24, 2.45) is 0 Å². The second kappa shape index (κ2) is 8.64. The number of non-ortho nitro benzene ring substituents is 1. The maximum atomic E-state index is 12.7. The van der Waals surface area contributed by atoms with Crippen molar-refractivity contribution in [1.82, 2.24) is 5.32 Å². The third kappa shape index (κ3) is 4.83. The second-order valence-electron chi connectivity index (χ2n) is 6.65. The lowest BCUT2D eigenvalue weighted by molar-refractivity contribution is -0.384. The Balaban J connectivity index is 1.81. The quantitative estimate of drug-likeness (QED) is 0.599. The molecule has 1 aliphatic rings. The topological polar surface area (TPSA) is 84.7 Å². The fourth-order valence-corrected chi connectivity index (χ4v) is 3.20. The summed E-state index contributed by atoms with van der Waals surface area (Å²) in [4.78, 5) is 25.3.